The second kappa shape index (κ2) is 7.86. The molecule has 1 unspecified atom stereocenters. The molecule has 0 aromatic heterocycles. The first kappa shape index (κ1) is 19.9. The Morgan fingerprint density at radius 1 is 1.27 bits per heavy atom. The van der Waals surface area contributed by atoms with Crippen molar-refractivity contribution in [2.45, 2.75) is 19.4 Å². The summed E-state index contributed by atoms with van der Waals surface area (Å²) in [6, 6.07) is 5.84. The minimum absolute atomic E-state index is 0.0624. The van der Waals surface area contributed by atoms with Crippen LogP contribution < -0.4 is 4.90 Å². The fourth-order valence-electron chi connectivity index (χ4n) is 2.83. The Hall–Kier alpha value is -2.42. The highest BCUT2D eigenvalue weighted by molar-refractivity contribution is 7.91. The molecule has 0 spiro atoms. The molecule has 0 N–H and O–H groups in total. The summed E-state index contributed by atoms with van der Waals surface area (Å²) in [5.74, 6) is -1.28. The summed E-state index contributed by atoms with van der Waals surface area (Å²) in [6.07, 6.45) is 0.391. The number of carbonyl (C=O) groups is 3. The number of anilines is 1. The summed E-state index contributed by atoms with van der Waals surface area (Å²) in [7, 11) is -0.320. The third kappa shape index (κ3) is 4.60. The van der Waals surface area contributed by atoms with Crippen molar-refractivity contribution >= 4 is 33.3 Å². The molecule has 2 amide bonds. The van der Waals surface area contributed by atoms with Gasteiger partial charge in [0.15, 0.2) is 9.84 Å². The van der Waals surface area contributed by atoms with E-state index in [1.54, 1.807) is 18.2 Å². The van der Waals surface area contributed by atoms with E-state index in [4.69, 9.17) is 0 Å². The molecule has 1 atom stereocenters. The van der Waals surface area contributed by atoms with Gasteiger partial charge in [-0.15, -0.1) is 0 Å². The van der Waals surface area contributed by atoms with Crippen LogP contribution in [-0.4, -0.2) is 69.4 Å². The first-order chi connectivity index (χ1) is 12.1. The molecule has 1 aliphatic heterocycles. The Labute approximate surface area is 152 Å². The number of benzene rings is 1. The lowest BCUT2D eigenvalue weighted by Gasteiger charge is -2.27. The second-order valence-corrected chi connectivity index (χ2v) is 8.44. The van der Waals surface area contributed by atoms with Gasteiger partial charge in [-0.25, -0.2) is 13.2 Å². The van der Waals surface area contributed by atoms with Crippen LogP contribution in [0.15, 0.2) is 24.3 Å². The maximum atomic E-state index is 12.5. The molecule has 0 aliphatic carbocycles. The number of amides is 2. The number of nitrogens with zero attached hydrogens (tertiary/aromatic N) is 2. The number of hydrogen-bond acceptors (Lipinski definition) is 6. The van der Waals surface area contributed by atoms with E-state index in [0.29, 0.717) is 12.1 Å². The van der Waals surface area contributed by atoms with Crippen LogP contribution in [0, 0.1) is 0 Å². The minimum Gasteiger partial charge on any atom is -0.465 e. The van der Waals surface area contributed by atoms with Gasteiger partial charge in [-0.1, -0.05) is 6.07 Å². The number of ether oxygens (including phenoxy) is 1. The van der Waals surface area contributed by atoms with Crippen LogP contribution in [0.2, 0.25) is 0 Å². The summed E-state index contributed by atoms with van der Waals surface area (Å²) in [6.45, 7) is 1.07. The van der Waals surface area contributed by atoms with E-state index in [9.17, 15) is 22.8 Å². The van der Waals surface area contributed by atoms with Crippen LogP contribution in [0.3, 0.4) is 0 Å². The first-order valence-corrected chi connectivity index (χ1v) is 9.89. The smallest absolute Gasteiger partial charge is 0.337 e. The molecule has 142 valence electrons. The van der Waals surface area contributed by atoms with Gasteiger partial charge in [-0.2, -0.15) is 0 Å². The van der Waals surface area contributed by atoms with Gasteiger partial charge in [0.1, 0.15) is 6.54 Å². The van der Waals surface area contributed by atoms with Crippen LogP contribution in [0.1, 0.15) is 23.7 Å². The summed E-state index contributed by atoms with van der Waals surface area (Å²) in [4.78, 5) is 38.9. The maximum Gasteiger partial charge on any atom is 0.337 e. The minimum atomic E-state index is -3.11. The zero-order chi connectivity index (χ0) is 19.5. The molecule has 2 rings (SSSR count). The number of carbonyl (C=O) groups excluding carboxylic acids is 3. The topological polar surface area (TPSA) is 101 Å². The Bertz CT molecular complexity index is 820. The molecule has 0 bridgehead atoms. The van der Waals surface area contributed by atoms with E-state index in [1.165, 1.54) is 36.9 Å². The van der Waals surface area contributed by atoms with Crippen molar-refractivity contribution in [3.8, 4) is 0 Å². The molecule has 1 aromatic carbocycles. The van der Waals surface area contributed by atoms with Crippen LogP contribution in [0.25, 0.3) is 0 Å². The summed E-state index contributed by atoms with van der Waals surface area (Å²) >= 11 is 0. The van der Waals surface area contributed by atoms with Gasteiger partial charge >= 0.3 is 5.97 Å². The molecule has 1 heterocycles. The SMILES string of the molecule is COC(=O)c1cccc(N(CC(=O)N(C)C2CCS(=O)(=O)C2)C(C)=O)c1. The monoisotopic (exact) mass is 382 g/mol. The van der Waals surface area contributed by atoms with Crippen molar-refractivity contribution in [1.29, 1.82) is 0 Å². The molecule has 1 fully saturated rings. The largest absolute Gasteiger partial charge is 0.465 e. The van der Waals surface area contributed by atoms with Gasteiger partial charge in [0.25, 0.3) is 0 Å². The highest BCUT2D eigenvalue weighted by Crippen LogP contribution is 2.20. The van der Waals surface area contributed by atoms with Crippen LogP contribution in [0.5, 0.6) is 0 Å². The normalized spacial score (nSPS) is 18.2. The van der Waals surface area contributed by atoms with Crippen molar-refractivity contribution in [3.05, 3.63) is 29.8 Å². The van der Waals surface area contributed by atoms with Gasteiger partial charge in [-0.05, 0) is 24.6 Å². The lowest BCUT2D eigenvalue weighted by molar-refractivity contribution is -0.131. The van der Waals surface area contributed by atoms with E-state index < -0.39 is 15.8 Å². The van der Waals surface area contributed by atoms with Crippen LogP contribution in [-0.2, 0) is 24.2 Å². The summed E-state index contributed by atoms with van der Waals surface area (Å²) < 4.78 is 27.9. The highest BCUT2D eigenvalue weighted by atomic mass is 32.2. The van der Waals surface area contributed by atoms with Gasteiger partial charge in [0.05, 0.1) is 24.2 Å². The van der Waals surface area contributed by atoms with E-state index >= 15 is 0 Å². The Balaban J connectivity index is 2.17. The standard InChI is InChI=1S/C17H22N2O6S/c1-12(20)19(14-6-4-5-13(9-14)17(22)25-3)10-16(21)18(2)15-7-8-26(23,24)11-15/h4-6,9,15H,7-8,10-11H2,1-3H3. The van der Waals surface area contributed by atoms with Gasteiger partial charge < -0.3 is 14.5 Å². The second-order valence-electron chi connectivity index (χ2n) is 6.21. The van der Waals surface area contributed by atoms with Crippen molar-refractivity contribution in [1.82, 2.24) is 4.90 Å². The fraction of sp³-hybridized carbons (Fsp3) is 0.471. The van der Waals surface area contributed by atoms with Crippen molar-refractivity contribution in [2.75, 3.05) is 37.1 Å². The summed E-state index contributed by atoms with van der Waals surface area (Å²) in [5, 5.41) is 0. The first-order valence-electron chi connectivity index (χ1n) is 8.07. The van der Waals surface area contributed by atoms with E-state index in [-0.39, 0.29) is 41.5 Å². The predicted molar refractivity (Wildman–Crippen MR) is 95.6 cm³/mol. The molecule has 8 nitrogen and oxygen atoms in total. The van der Waals surface area contributed by atoms with Crippen molar-refractivity contribution in [3.63, 3.8) is 0 Å². The zero-order valence-corrected chi connectivity index (χ0v) is 15.8. The molecule has 9 heteroatoms. The molecule has 1 saturated heterocycles. The number of sulfone groups is 1. The number of likely N-dealkylation sites (N-methyl/N-ethyl adjacent to an activating group) is 1. The molecule has 26 heavy (non-hydrogen) atoms. The zero-order valence-electron chi connectivity index (χ0n) is 15.0. The molecular formula is C17H22N2O6S. The van der Waals surface area contributed by atoms with Gasteiger partial charge in [-0.3, -0.25) is 9.59 Å². The highest BCUT2D eigenvalue weighted by Gasteiger charge is 2.33. The third-order valence-corrected chi connectivity index (χ3v) is 6.15. The number of esters is 1. The Kier molecular flexibility index (Phi) is 6.01. The fourth-order valence-corrected chi connectivity index (χ4v) is 4.61. The molecule has 1 aromatic rings. The number of hydrogen-bond donors (Lipinski definition) is 0. The molecule has 0 saturated carbocycles. The number of rotatable bonds is 5. The lowest BCUT2D eigenvalue weighted by Crippen LogP contribution is -2.45. The predicted octanol–water partition coefficient (Wildman–Crippen LogP) is 0.472. The molecular weight excluding hydrogens is 360 g/mol. The molecule has 0 radical (unpaired) electrons. The maximum absolute atomic E-state index is 12.5. The van der Waals surface area contributed by atoms with Crippen LogP contribution >= 0.6 is 0 Å². The average Bonchev–Trinajstić information content (AvgIpc) is 2.97. The Morgan fingerprint density at radius 3 is 2.50 bits per heavy atom. The van der Waals surface area contributed by atoms with Gasteiger partial charge in [0, 0.05) is 25.7 Å². The molecule has 1 aliphatic rings. The average molecular weight is 382 g/mol. The van der Waals surface area contributed by atoms with E-state index in [0.717, 1.165) is 0 Å². The number of methoxy groups -OCH3 is 1. The quantitative estimate of drug-likeness (QED) is 0.686. The van der Waals surface area contributed by atoms with Gasteiger partial charge in [0.2, 0.25) is 11.8 Å². The third-order valence-electron chi connectivity index (χ3n) is 4.40. The summed E-state index contributed by atoms with van der Waals surface area (Å²) in [5.41, 5.74) is 0.653. The van der Waals surface area contributed by atoms with Crippen molar-refractivity contribution in [2.24, 2.45) is 0 Å². The Morgan fingerprint density at radius 2 is 1.96 bits per heavy atom. The van der Waals surface area contributed by atoms with E-state index in [2.05, 4.69) is 4.74 Å². The van der Waals surface area contributed by atoms with Crippen molar-refractivity contribution < 1.29 is 27.5 Å². The van der Waals surface area contributed by atoms with E-state index in [1.807, 2.05) is 0 Å². The lowest BCUT2D eigenvalue weighted by atomic mass is 10.1. The van der Waals surface area contributed by atoms with Crippen LogP contribution in [0.4, 0.5) is 5.69 Å².